The van der Waals surface area contributed by atoms with E-state index < -0.39 is 5.56 Å². The molecule has 1 atom stereocenters. The van der Waals surface area contributed by atoms with Crippen molar-refractivity contribution in [1.29, 1.82) is 0 Å². The number of hydrogen-bond donors (Lipinski definition) is 2. The van der Waals surface area contributed by atoms with Crippen molar-refractivity contribution in [3.05, 3.63) is 11.6 Å². The van der Waals surface area contributed by atoms with Gasteiger partial charge in [0.25, 0.3) is 0 Å². The van der Waals surface area contributed by atoms with Crippen molar-refractivity contribution in [3.63, 3.8) is 0 Å². The van der Waals surface area contributed by atoms with Gasteiger partial charge in [-0.2, -0.15) is 0 Å². The highest BCUT2D eigenvalue weighted by Gasteiger charge is 2.00. The van der Waals surface area contributed by atoms with Crippen LogP contribution in [0.5, 0.6) is 0 Å². The summed E-state index contributed by atoms with van der Waals surface area (Å²) in [6.07, 6.45) is 1.72. The maximum atomic E-state index is 8.52. The van der Waals surface area contributed by atoms with E-state index in [1.807, 2.05) is 5.41 Å². The molecule has 0 radical (unpaired) electrons. The predicted octanol–water partition coefficient (Wildman–Crippen LogP) is 0.0699. The molecule has 0 aromatic carbocycles. The molecule has 1 heterocycles. The zero-order valence-electron chi connectivity index (χ0n) is 3.09. The lowest BCUT2D eigenvalue weighted by molar-refractivity contribution is 0.247. The van der Waals surface area contributed by atoms with Gasteiger partial charge in [0.1, 0.15) is 0 Å². The third-order valence-corrected chi connectivity index (χ3v) is 1.20. The van der Waals surface area contributed by atoms with Gasteiger partial charge >= 0.3 is 0 Å². The van der Waals surface area contributed by atoms with Crippen molar-refractivity contribution in [2.24, 2.45) is 0 Å². The molecule has 0 spiro atoms. The molecule has 1 aliphatic heterocycles. The van der Waals surface area contributed by atoms with Crippen molar-refractivity contribution in [1.82, 2.24) is 5.32 Å². The topological polar surface area (TPSA) is 32.3 Å². The van der Waals surface area contributed by atoms with Crippen LogP contribution >= 0.6 is 11.8 Å². The van der Waals surface area contributed by atoms with Gasteiger partial charge in [0, 0.05) is 6.20 Å². The zero-order chi connectivity index (χ0) is 4.41. The lowest BCUT2D eigenvalue weighted by atomic mass is 11.0. The molecule has 0 fully saturated rings. The quantitative estimate of drug-likeness (QED) is 0.455. The van der Waals surface area contributed by atoms with Crippen LogP contribution in [0.2, 0.25) is 0 Å². The van der Waals surface area contributed by atoms with Gasteiger partial charge in [-0.3, -0.25) is 0 Å². The van der Waals surface area contributed by atoms with E-state index in [9.17, 15) is 0 Å². The van der Waals surface area contributed by atoms with E-state index in [0.29, 0.717) is 0 Å². The second-order valence-electron chi connectivity index (χ2n) is 0.958. The Morgan fingerprint density at radius 2 is 2.67 bits per heavy atom. The summed E-state index contributed by atoms with van der Waals surface area (Å²) in [6.45, 7) is 0. The molecule has 1 unspecified atom stereocenters. The molecule has 0 aromatic rings. The van der Waals surface area contributed by atoms with Gasteiger partial charge in [-0.05, 0) is 5.41 Å². The molecule has 0 aliphatic carbocycles. The van der Waals surface area contributed by atoms with Crippen molar-refractivity contribution >= 4 is 11.8 Å². The maximum absolute atomic E-state index is 8.52. The molecule has 6 heavy (non-hydrogen) atoms. The lowest BCUT2D eigenvalue weighted by Crippen LogP contribution is -2.13. The summed E-state index contributed by atoms with van der Waals surface area (Å²) in [5, 5.41) is 13.0. The summed E-state index contributed by atoms with van der Waals surface area (Å²) in [4.78, 5) is 0. The molecular formula is C3H5NOS. The summed E-state index contributed by atoms with van der Waals surface area (Å²) < 4.78 is 0. The molecular weight excluding hydrogens is 98.1 g/mol. The largest absolute Gasteiger partial charge is 0.364 e. The first-order chi connectivity index (χ1) is 2.89. The summed E-state index contributed by atoms with van der Waals surface area (Å²) in [6, 6.07) is 0. The summed E-state index contributed by atoms with van der Waals surface area (Å²) in [5.74, 6) is 0. The Kier molecular flexibility index (Phi) is 1.03. The van der Waals surface area contributed by atoms with Crippen molar-refractivity contribution in [2.75, 3.05) is 0 Å². The first-order valence-electron chi connectivity index (χ1n) is 1.64. The van der Waals surface area contributed by atoms with Crippen LogP contribution in [0.15, 0.2) is 11.6 Å². The highest BCUT2D eigenvalue weighted by atomic mass is 32.2. The van der Waals surface area contributed by atoms with Crippen LogP contribution in [-0.4, -0.2) is 10.7 Å². The monoisotopic (exact) mass is 103 g/mol. The number of rotatable bonds is 0. The molecule has 2 nitrogen and oxygen atoms in total. The van der Waals surface area contributed by atoms with Crippen LogP contribution < -0.4 is 5.32 Å². The molecule has 1 aliphatic rings. The molecule has 1 rings (SSSR count). The molecule has 0 saturated carbocycles. The summed E-state index contributed by atoms with van der Waals surface area (Å²) in [7, 11) is 0. The van der Waals surface area contributed by atoms with Crippen molar-refractivity contribution in [3.8, 4) is 0 Å². The second-order valence-corrected chi connectivity index (χ2v) is 1.95. The molecule has 0 saturated heterocycles. The van der Waals surface area contributed by atoms with Gasteiger partial charge in [0.2, 0.25) is 0 Å². The standard InChI is InChI=1S/C3H5NOS/c5-3-4-1-2-6-3/h1-5H. The van der Waals surface area contributed by atoms with Gasteiger partial charge in [-0.15, -0.1) is 0 Å². The van der Waals surface area contributed by atoms with Crippen LogP contribution in [0.25, 0.3) is 0 Å². The maximum Gasteiger partial charge on any atom is 0.177 e. The molecule has 3 heteroatoms. The molecule has 2 N–H and O–H groups in total. The van der Waals surface area contributed by atoms with E-state index in [0.717, 1.165) is 0 Å². The van der Waals surface area contributed by atoms with E-state index in [2.05, 4.69) is 5.32 Å². The fourth-order valence-electron chi connectivity index (χ4n) is 0.275. The highest BCUT2D eigenvalue weighted by molar-refractivity contribution is 8.02. The number of aliphatic hydroxyl groups is 1. The third kappa shape index (κ3) is 0.666. The Bertz CT molecular complexity index is 65.2. The average Bonchev–Trinajstić information content (AvgIpc) is 1.86. The molecule has 0 amide bonds. The van der Waals surface area contributed by atoms with E-state index >= 15 is 0 Å². The minimum atomic E-state index is -0.398. The Hall–Kier alpha value is -0.150. The summed E-state index contributed by atoms with van der Waals surface area (Å²) >= 11 is 1.36. The minimum Gasteiger partial charge on any atom is -0.364 e. The number of thioether (sulfide) groups is 1. The fourth-order valence-corrected chi connectivity index (χ4v) is 0.738. The van der Waals surface area contributed by atoms with E-state index in [1.54, 1.807) is 6.20 Å². The second kappa shape index (κ2) is 1.53. The van der Waals surface area contributed by atoms with E-state index in [4.69, 9.17) is 5.11 Å². The molecule has 0 bridgehead atoms. The minimum absolute atomic E-state index is 0.398. The van der Waals surface area contributed by atoms with Gasteiger partial charge in [-0.1, -0.05) is 11.8 Å². The third-order valence-electron chi connectivity index (χ3n) is 0.514. The smallest absolute Gasteiger partial charge is 0.177 e. The first kappa shape index (κ1) is 4.02. The van der Waals surface area contributed by atoms with Crippen LogP contribution in [-0.2, 0) is 0 Å². The predicted molar refractivity (Wildman–Crippen MR) is 25.9 cm³/mol. The van der Waals surface area contributed by atoms with Crippen molar-refractivity contribution in [2.45, 2.75) is 5.56 Å². The average molecular weight is 103 g/mol. The normalized spacial score (nSPS) is 30.5. The highest BCUT2D eigenvalue weighted by Crippen LogP contribution is 2.10. The Balaban J connectivity index is 2.32. The SMILES string of the molecule is OC1NC=CS1. The van der Waals surface area contributed by atoms with Crippen LogP contribution in [0, 0.1) is 0 Å². The van der Waals surface area contributed by atoms with Gasteiger partial charge < -0.3 is 10.4 Å². The van der Waals surface area contributed by atoms with E-state index in [1.165, 1.54) is 11.8 Å². The van der Waals surface area contributed by atoms with Crippen LogP contribution in [0.4, 0.5) is 0 Å². The molecule has 34 valence electrons. The van der Waals surface area contributed by atoms with Crippen molar-refractivity contribution < 1.29 is 5.11 Å². The number of hydrogen-bond acceptors (Lipinski definition) is 3. The van der Waals surface area contributed by atoms with Crippen LogP contribution in [0.3, 0.4) is 0 Å². The molecule has 0 aromatic heterocycles. The van der Waals surface area contributed by atoms with Gasteiger partial charge in [0.05, 0.1) is 0 Å². The number of nitrogens with one attached hydrogen (secondary N) is 1. The lowest BCUT2D eigenvalue weighted by Gasteiger charge is -1.95. The Labute approximate surface area is 40.2 Å². The number of aliphatic hydroxyl groups excluding tert-OH is 1. The van der Waals surface area contributed by atoms with E-state index in [-0.39, 0.29) is 0 Å². The Morgan fingerprint density at radius 1 is 1.83 bits per heavy atom. The zero-order valence-corrected chi connectivity index (χ0v) is 3.90. The van der Waals surface area contributed by atoms with Crippen LogP contribution in [0.1, 0.15) is 0 Å². The fraction of sp³-hybridized carbons (Fsp3) is 0.333. The summed E-state index contributed by atoms with van der Waals surface area (Å²) in [5.41, 5.74) is -0.398. The van der Waals surface area contributed by atoms with Gasteiger partial charge in [-0.25, -0.2) is 0 Å². The first-order valence-corrected chi connectivity index (χ1v) is 2.58. The Morgan fingerprint density at radius 3 is 2.83 bits per heavy atom. The van der Waals surface area contributed by atoms with Gasteiger partial charge in [0.15, 0.2) is 5.56 Å².